The van der Waals surface area contributed by atoms with Gasteiger partial charge in [-0.3, -0.25) is 14.9 Å². The average Bonchev–Trinajstić information content (AvgIpc) is 3.07. The van der Waals surface area contributed by atoms with E-state index in [9.17, 15) is 14.4 Å². The molecule has 0 atom stereocenters. The van der Waals surface area contributed by atoms with E-state index in [0.29, 0.717) is 29.5 Å². The molecular weight excluding hydrogens is 368 g/mol. The summed E-state index contributed by atoms with van der Waals surface area (Å²) in [6.07, 6.45) is 1.53. The Hall–Kier alpha value is -3.01. The number of hydrogen-bond donors (Lipinski definition) is 3. The molecule has 10 heteroatoms. The van der Waals surface area contributed by atoms with Crippen molar-refractivity contribution in [2.75, 3.05) is 32.5 Å². The van der Waals surface area contributed by atoms with Gasteiger partial charge in [-0.1, -0.05) is 0 Å². The molecule has 0 saturated heterocycles. The number of amides is 4. The first kappa shape index (κ1) is 20.3. The van der Waals surface area contributed by atoms with E-state index in [4.69, 9.17) is 0 Å². The van der Waals surface area contributed by atoms with Gasteiger partial charge in [0.25, 0.3) is 11.8 Å². The summed E-state index contributed by atoms with van der Waals surface area (Å²) in [5.41, 5.74) is 0.741. The number of urea groups is 1. The molecule has 2 rings (SSSR count). The van der Waals surface area contributed by atoms with Crippen LogP contribution in [0.5, 0.6) is 0 Å². The Morgan fingerprint density at radius 2 is 1.81 bits per heavy atom. The molecule has 4 amide bonds. The molecule has 144 valence electrons. The fraction of sp³-hybridized carbons (Fsp3) is 0.353. The number of carbonyl (C=O) groups excluding carboxylic acids is 3. The molecule has 27 heavy (non-hydrogen) atoms. The van der Waals surface area contributed by atoms with Gasteiger partial charge in [-0.05, 0) is 26.0 Å². The summed E-state index contributed by atoms with van der Waals surface area (Å²) in [7, 11) is 3.24. The van der Waals surface area contributed by atoms with E-state index in [1.54, 1.807) is 33.2 Å². The molecule has 0 fully saturated rings. The van der Waals surface area contributed by atoms with Crippen LogP contribution >= 0.6 is 11.3 Å². The lowest BCUT2D eigenvalue weighted by atomic mass is 10.3. The number of nitrogens with one attached hydrogen (secondary N) is 3. The van der Waals surface area contributed by atoms with Crippen molar-refractivity contribution in [2.45, 2.75) is 13.8 Å². The van der Waals surface area contributed by atoms with Crippen LogP contribution in [0.1, 0.15) is 34.0 Å². The Balaban J connectivity index is 2.32. The number of rotatable bonds is 6. The lowest BCUT2D eigenvalue weighted by Crippen LogP contribution is -2.28. The number of thiazole rings is 1. The predicted molar refractivity (Wildman–Crippen MR) is 104 cm³/mol. The van der Waals surface area contributed by atoms with Crippen molar-refractivity contribution in [3.05, 3.63) is 28.9 Å². The van der Waals surface area contributed by atoms with Crippen LogP contribution in [0.15, 0.2) is 18.3 Å². The molecule has 0 saturated carbocycles. The number of aromatic nitrogens is 2. The highest BCUT2D eigenvalue weighted by Crippen LogP contribution is 2.29. The number of anilines is 1. The zero-order valence-corrected chi connectivity index (χ0v) is 16.4. The van der Waals surface area contributed by atoms with Crippen molar-refractivity contribution in [3.8, 4) is 10.6 Å². The Kier molecular flexibility index (Phi) is 6.83. The quantitative estimate of drug-likeness (QED) is 0.695. The fourth-order valence-corrected chi connectivity index (χ4v) is 3.18. The Morgan fingerprint density at radius 3 is 2.37 bits per heavy atom. The maximum atomic E-state index is 12.4. The summed E-state index contributed by atoms with van der Waals surface area (Å²) >= 11 is 1.13. The van der Waals surface area contributed by atoms with Gasteiger partial charge in [0, 0.05) is 38.9 Å². The monoisotopic (exact) mass is 390 g/mol. The second kappa shape index (κ2) is 9.08. The van der Waals surface area contributed by atoms with Crippen LogP contribution in [0.2, 0.25) is 0 Å². The first-order valence-corrected chi connectivity index (χ1v) is 9.20. The fourth-order valence-electron chi connectivity index (χ4n) is 2.11. The second-order valence-corrected chi connectivity index (χ2v) is 6.67. The van der Waals surface area contributed by atoms with Gasteiger partial charge >= 0.3 is 6.03 Å². The molecule has 2 heterocycles. The predicted octanol–water partition coefficient (Wildman–Crippen LogP) is 1.80. The summed E-state index contributed by atoms with van der Waals surface area (Å²) in [6.45, 7) is 4.55. The maximum Gasteiger partial charge on any atom is 0.320 e. The molecule has 0 aliphatic carbocycles. The number of hydrogen-bond acceptors (Lipinski definition) is 6. The van der Waals surface area contributed by atoms with E-state index in [-0.39, 0.29) is 22.5 Å². The highest BCUT2D eigenvalue weighted by molar-refractivity contribution is 7.17. The van der Waals surface area contributed by atoms with Crippen LogP contribution in [-0.4, -0.2) is 59.9 Å². The normalized spacial score (nSPS) is 10.2. The number of carbonyl (C=O) groups is 3. The third kappa shape index (κ3) is 5.00. The van der Waals surface area contributed by atoms with Crippen LogP contribution < -0.4 is 16.0 Å². The van der Waals surface area contributed by atoms with Crippen LogP contribution in [-0.2, 0) is 0 Å². The molecule has 0 radical (unpaired) electrons. The number of nitrogens with zero attached hydrogens (tertiary/aromatic N) is 3. The van der Waals surface area contributed by atoms with Crippen molar-refractivity contribution in [1.29, 1.82) is 0 Å². The SMILES string of the molecule is CCNC(=O)Nc1ccc(-c2nc(C(=O)NCC)c(C(=O)N(C)C)s2)cn1. The minimum atomic E-state index is -0.396. The maximum absolute atomic E-state index is 12.4. The van der Waals surface area contributed by atoms with Gasteiger partial charge in [0.05, 0.1) is 0 Å². The molecule has 0 aromatic carbocycles. The zero-order chi connectivity index (χ0) is 20.0. The largest absolute Gasteiger partial charge is 0.351 e. The summed E-state index contributed by atoms with van der Waals surface area (Å²) in [5.74, 6) is -0.301. The lowest BCUT2D eigenvalue weighted by molar-refractivity contribution is 0.0822. The van der Waals surface area contributed by atoms with Gasteiger partial charge in [0.15, 0.2) is 5.69 Å². The van der Waals surface area contributed by atoms with Crippen molar-refractivity contribution in [1.82, 2.24) is 25.5 Å². The van der Waals surface area contributed by atoms with Crippen LogP contribution in [0, 0.1) is 0 Å². The third-order valence-electron chi connectivity index (χ3n) is 3.37. The standard InChI is InChI=1S/C17H22N6O3S/c1-5-18-14(24)12-13(16(25)23(3)4)27-15(22-12)10-7-8-11(20-9-10)21-17(26)19-6-2/h7-9H,5-6H2,1-4H3,(H,18,24)(H2,19,20,21,26). The molecule has 0 aliphatic heterocycles. The molecule has 0 bridgehead atoms. The molecule has 3 N–H and O–H groups in total. The minimum Gasteiger partial charge on any atom is -0.351 e. The summed E-state index contributed by atoms with van der Waals surface area (Å²) in [4.78, 5) is 46.4. The van der Waals surface area contributed by atoms with E-state index >= 15 is 0 Å². The highest BCUT2D eigenvalue weighted by atomic mass is 32.1. The minimum absolute atomic E-state index is 0.0973. The van der Waals surface area contributed by atoms with Gasteiger partial charge in [-0.15, -0.1) is 11.3 Å². The van der Waals surface area contributed by atoms with Gasteiger partial charge in [0.1, 0.15) is 15.7 Å². The molecule has 0 spiro atoms. The molecule has 2 aromatic rings. The number of pyridine rings is 1. The summed E-state index contributed by atoms with van der Waals surface area (Å²) in [5, 5.41) is 8.38. The summed E-state index contributed by atoms with van der Waals surface area (Å²) < 4.78 is 0. The third-order valence-corrected chi connectivity index (χ3v) is 4.46. The van der Waals surface area contributed by atoms with E-state index < -0.39 is 5.91 Å². The average molecular weight is 390 g/mol. The Labute approximate surface area is 161 Å². The van der Waals surface area contributed by atoms with Gasteiger partial charge in [-0.25, -0.2) is 14.8 Å². The smallest absolute Gasteiger partial charge is 0.320 e. The highest BCUT2D eigenvalue weighted by Gasteiger charge is 2.24. The molecule has 0 unspecified atom stereocenters. The van der Waals surface area contributed by atoms with Crippen molar-refractivity contribution < 1.29 is 14.4 Å². The first-order valence-electron chi connectivity index (χ1n) is 8.39. The zero-order valence-electron chi connectivity index (χ0n) is 15.6. The molecule has 2 aromatic heterocycles. The van der Waals surface area contributed by atoms with Crippen molar-refractivity contribution >= 4 is 35.0 Å². The molecular formula is C17H22N6O3S. The molecule has 9 nitrogen and oxygen atoms in total. The van der Waals surface area contributed by atoms with E-state index in [2.05, 4.69) is 25.9 Å². The van der Waals surface area contributed by atoms with Gasteiger partial charge < -0.3 is 15.5 Å². The second-order valence-electron chi connectivity index (χ2n) is 5.67. The summed E-state index contributed by atoms with van der Waals surface area (Å²) in [6, 6.07) is 3.01. The Bertz CT molecular complexity index is 832. The molecule has 0 aliphatic rings. The van der Waals surface area contributed by atoms with E-state index in [0.717, 1.165) is 11.3 Å². The van der Waals surface area contributed by atoms with Crippen molar-refractivity contribution in [2.24, 2.45) is 0 Å². The Morgan fingerprint density at radius 1 is 1.11 bits per heavy atom. The van der Waals surface area contributed by atoms with Crippen LogP contribution in [0.4, 0.5) is 10.6 Å². The van der Waals surface area contributed by atoms with Crippen LogP contribution in [0.3, 0.4) is 0 Å². The topological polar surface area (TPSA) is 116 Å². The first-order chi connectivity index (χ1) is 12.9. The van der Waals surface area contributed by atoms with E-state index in [1.165, 1.54) is 11.1 Å². The van der Waals surface area contributed by atoms with Gasteiger partial charge in [-0.2, -0.15) is 0 Å². The van der Waals surface area contributed by atoms with Crippen LogP contribution in [0.25, 0.3) is 10.6 Å². The van der Waals surface area contributed by atoms with Gasteiger partial charge in [0.2, 0.25) is 0 Å². The van der Waals surface area contributed by atoms with E-state index in [1.807, 2.05) is 6.92 Å². The lowest BCUT2D eigenvalue weighted by Gasteiger charge is -2.09. The van der Waals surface area contributed by atoms with Crippen molar-refractivity contribution in [3.63, 3.8) is 0 Å².